The quantitative estimate of drug-likeness (QED) is 0.509. The average Bonchev–Trinajstić information content (AvgIpc) is 2.91. The number of hydrogen-bond acceptors (Lipinski definition) is 4. The van der Waals surface area contributed by atoms with E-state index in [0.717, 1.165) is 22.2 Å². The molecule has 1 aliphatic heterocycles. The Morgan fingerprint density at radius 1 is 1.33 bits per heavy atom. The number of H-pyrrole nitrogens is 1. The van der Waals surface area contributed by atoms with Gasteiger partial charge < -0.3 is 21.1 Å². The molecule has 1 aromatic carbocycles. The number of amides is 2. The van der Waals surface area contributed by atoms with Crippen molar-refractivity contribution >= 4 is 28.7 Å². The number of aromatic amines is 1. The van der Waals surface area contributed by atoms with E-state index in [4.69, 9.17) is 10.8 Å². The summed E-state index contributed by atoms with van der Waals surface area (Å²) in [6.45, 7) is 0.488. The maximum absolute atomic E-state index is 12.4. The predicted molar refractivity (Wildman–Crippen MR) is 86.0 cm³/mol. The lowest BCUT2D eigenvalue weighted by Gasteiger charge is -2.25. The van der Waals surface area contributed by atoms with Crippen LogP contribution in [-0.2, 0) is 27.3 Å². The van der Waals surface area contributed by atoms with Crippen LogP contribution in [0.2, 0.25) is 0 Å². The van der Waals surface area contributed by atoms with Gasteiger partial charge in [0.25, 0.3) is 0 Å². The Hall–Kier alpha value is -2.87. The van der Waals surface area contributed by atoms with Gasteiger partial charge in [0.15, 0.2) is 0 Å². The summed E-state index contributed by atoms with van der Waals surface area (Å²) in [7, 11) is 0. The number of carbonyl (C=O) groups is 3. The van der Waals surface area contributed by atoms with Crippen molar-refractivity contribution < 1.29 is 19.5 Å². The first-order chi connectivity index (χ1) is 11.5. The fourth-order valence-electron chi connectivity index (χ4n) is 3.00. The van der Waals surface area contributed by atoms with E-state index in [9.17, 15) is 14.4 Å². The Balaban J connectivity index is 1.75. The first-order valence-electron chi connectivity index (χ1n) is 7.59. The van der Waals surface area contributed by atoms with Crippen LogP contribution < -0.4 is 16.4 Å². The maximum Gasteiger partial charge on any atom is 0.305 e. The Kier molecular flexibility index (Phi) is 4.22. The number of carboxylic acid groups (broad SMARTS) is 1. The molecule has 2 amide bonds. The highest BCUT2D eigenvalue weighted by Gasteiger charge is 2.30. The highest BCUT2D eigenvalue weighted by Crippen LogP contribution is 2.26. The van der Waals surface area contributed by atoms with E-state index in [1.807, 2.05) is 24.3 Å². The molecule has 2 atom stereocenters. The minimum atomic E-state index is -1.22. The highest BCUT2D eigenvalue weighted by atomic mass is 16.4. The molecule has 24 heavy (non-hydrogen) atoms. The number of benzene rings is 1. The van der Waals surface area contributed by atoms with E-state index >= 15 is 0 Å². The largest absolute Gasteiger partial charge is 0.481 e. The second kappa shape index (κ2) is 6.32. The van der Waals surface area contributed by atoms with Gasteiger partial charge in [-0.1, -0.05) is 18.2 Å². The van der Waals surface area contributed by atoms with Crippen LogP contribution in [0.1, 0.15) is 17.7 Å². The number of carboxylic acids is 1. The number of primary amides is 1. The summed E-state index contributed by atoms with van der Waals surface area (Å²) in [5.41, 5.74) is 8.24. The minimum Gasteiger partial charge on any atom is -0.481 e. The van der Waals surface area contributed by atoms with Crippen LogP contribution in [0, 0.1) is 0 Å². The second-order valence-electron chi connectivity index (χ2n) is 5.83. The number of para-hydroxylation sites is 1. The van der Waals surface area contributed by atoms with Gasteiger partial charge in [0, 0.05) is 23.1 Å². The van der Waals surface area contributed by atoms with Crippen LogP contribution in [0.4, 0.5) is 0 Å². The first-order valence-corrected chi connectivity index (χ1v) is 7.59. The Labute approximate surface area is 137 Å². The van der Waals surface area contributed by atoms with Crippen molar-refractivity contribution in [3.05, 3.63) is 35.5 Å². The maximum atomic E-state index is 12.4. The molecule has 0 radical (unpaired) electrons. The molecule has 8 heteroatoms. The summed E-state index contributed by atoms with van der Waals surface area (Å²) >= 11 is 0. The molecule has 2 heterocycles. The number of rotatable bonds is 5. The Morgan fingerprint density at radius 2 is 2.08 bits per heavy atom. The molecule has 0 fully saturated rings. The topological polar surface area (TPSA) is 137 Å². The third-order valence-electron chi connectivity index (χ3n) is 4.19. The number of aliphatic carboxylic acids is 1. The van der Waals surface area contributed by atoms with Gasteiger partial charge in [-0.15, -0.1) is 0 Å². The fourth-order valence-corrected chi connectivity index (χ4v) is 3.00. The van der Waals surface area contributed by atoms with Crippen LogP contribution >= 0.6 is 0 Å². The summed E-state index contributed by atoms with van der Waals surface area (Å²) in [6.07, 6.45) is -0.0874. The summed E-state index contributed by atoms with van der Waals surface area (Å²) in [5.74, 6) is -2.50. The molecule has 2 aromatic rings. The summed E-state index contributed by atoms with van der Waals surface area (Å²) in [6, 6.07) is 6.06. The predicted octanol–water partition coefficient (Wildman–Crippen LogP) is -0.373. The van der Waals surface area contributed by atoms with Crippen LogP contribution in [0.25, 0.3) is 10.9 Å². The number of hydrogen-bond donors (Lipinski definition) is 5. The van der Waals surface area contributed by atoms with Crippen LogP contribution in [-0.4, -0.2) is 40.0 Å². The van der Waals surface area contributed by atoms with Crippen molar-refractivity contribution in [2.24, 2.45) is 5.73 Å². The van der Waals surface area contributed by atoms with Gasteiger partial charge in [-0.05, 0) is 18.1 Å². The Morgan fingerprint density at radius 3 is 2.79 bits per heavy atom. The van der Waals surface area contributed by atoms with Gasteiger partial charge in [-0.25, -0.2) is 0 Å². The monoisotopic (exact) mass is 330 g/mol. The van der Waals surface area contributed by atoms with Gasteiger partial charge in [0.2, 0.25) is 11.8 Å². The zero-order chi connectivity index (χ0) is 17.3. The molecule has 8 nitrogen and oxygen atoms in total. The zero-order valence-corrected chi connectivity index (χ0v) is 12.8. The molecule has 1 aliphatic rings. The molecule has 0 bridgehead atoms. The average molecular weight is 330 g/mol. The molecule has 0 aliphatic carbocycles. The zero-order valence-electron chi connectivity index (χ0n) is 12.8. The van der Waals surface area contributed by atoms with Crippen molar-refractivity contribution in [1.82, 2.24) is 15.6 Å². The standard InChI is InChI=1S/C16H18N4O4/c17-15(23)11(6-14(21)22)20-16(24)12-5-9-8-3-1-2-4-10(8)19-13(9)7-18-12/h1-4,11-12,18-19H,5-7H2,(H2,17,23)(H,20,24)(H,21,22)/t11-,12+/m0/s1. The molecule has 1 aromatic heterocycles. The summed E-state index contributed by atoms with van der Waals surface area (Å²) < 4.78 is 0. The molecule has 126 valence electrons. The SMILES string of the molecule is NC(=O)[C@H](CC(=O)O)NC(=O)[C@H]1Cc2c([nH]c3ccccc23)CN1. The van der Waals surface area contributed by atoms with Gasteiger partial charge in [-0.2, -0.15) is 0 Å². The van der Waals surface area contributed by atoms with Crippen molar-refractivity contribution in [2.75, 3.05) is 0 Å². The van der Waals surface area contributed by atoms with Gasteiger partial charge in [0.1, 0.15) is 6.04 Å². The first kappa shape index (κ1) is 16.0. The molecule has 0 saturated heterocycles. The molecule has 0 spiro atoms. The molecule has 0 saturated carbocycles. The van der Waals surface area contributed by atoms with Crippen LogP contribution in [0.3, 0.4) is 0 Å². The third kappa shape index (κ3) is 3.09. The fraction of sp³-hybridized carbons (Fsp3) is 0.312. The van der Waals surface area contributed by atoms with Crippen LogP contribution in [0.5, 0.6) is 0 Å². The van der Waals surface area contributed by atoms with Gasteiger partial charge in [-0.3, -0.25) is 19.7 Å². The van der Waals surface area contributed by atoms with E-state index < -0.39 is 36.3 Å². The highest BCUT2D eigenvalue weighted by molar-refractivity contribution is 5.92. The van der Waals surface area contributed by atoms with Crippen molar-refractivity contribution in [3.63, 3.8) is 0 Å². The summed E-state index contributed by atoms with van der Waals surface area (Å²) in [4.78, 5) is 37.8. The van der Waals surface area contributed by atoms with Crippen molar-refractivity contribution in [2.45, 2.75) is 31.5 Å². The third-order valence-corrected chi connectivity index (χ3v) is 4.19. The lowest BCUT2D eigenvalue weighted by Crippen LogP contribution is -2.54. The molecule has 0 unspecified atom stereocenters. The molecule has 6 N–H and O–H groups in total. The van der Waals surface area contributed by atoms with E-state index in [1.165, 1.54) is 0 Å². The van der Waals surface area contributed by atoms with E-state index in [1.54, 1.807) is 0 Å². The van der Waals surface area contributed by atoms with Gasteiger partial charge in [0.05, 0.1) is 12.5 Å². The lowest BCUT2D eigenvalue weighted by molar-refractivity contribution is -0.140. The molecular weight excluding hydrogens is 312 g/mol. The molecule has 3 rings (SSSR count). The minimum absolute atomic E-state index is 0.434. The van der Waals surface area contributed by atoms with E-state index in [0.29, 0.717) is 13.0 Å². The number of fused-ring (bicyclic) bond motifs is 3. The lowest BCUT2D eigenvalue weighted by atomic mass is 9.97. The summed E-state index contributed by atoms with van der Waals surface area (Å²) in [5, 5.41) is 15.4. The number of carbonyl (C=O) groups excluding carboxylic acids is 2. The van der Waals surface area contributed by atoms with Crippen molar-refractivity contribution in [1.29, 1.82) is 0 Å². The number of nitrogens with two attached hydrogens (primary N) is 1. The van der Waals surface area contributed by atoms with E-state index in [-0.39, 0.29) is 0 Å². The van der Waals surface area contributed by atoms with Crippen LogP contribution in [0.15, 0.2) is 24.3 Å². The number of nitrogens with one attached hydrogen (secondary N) is 3. The second-order valence-corrected chi connectivity index (χ2v) is 5.83. The van der Waals surface area contributed by atoms with E-state index in [2.05, 4.69) is 15.6 Å². The number of aromatic nitrogens is 1. The molecular formula is C16H18N4O4. The van der Waals surface area contributed by atoms with Gasteiger partial charge >= 0.3 is 5.97 Å². The van der Waals surface area contributed by atoms with Crippen molar-refractivity contribution in [3.8, 4) is 0 Å². The normalized spacial score (nSPS) is 17.9. The smallest absolute Gasteiger partial charge is 0.305 e. The Bertz CT molecular complexity index is 814.